The minimum absolute atomic E-state index is 0. The Morgan fingerprint density at radius 3 is 2.45 bits per heavy atom. The average Bonchev–Trinajstić information content (AvgIpc) is 2.68. The van der Waals surface area contributed by atoms with Crippen molar-refractivity contribution in [3.63, 3.8) is 0 Å². The van der Waals surface area contributed by atoms with Crippen molar-refractivity contribution in [3.8, 4) is 22.6 Å². The fourth-order valence-electron chi connectivity index (χ4n) is 3.10. The Hall–Kier alpha value is -2.88. The Labute approximate surface area is 180 Å². The number of hydrogen-bond donors (Lipinski definition) is 1. The number of aryl methyl sites for hydroxylation is 1. The van der Waals surface area contributed by atoms with Crippen LogP contribution in [0.5, 0.6) is 11.5 Å². The molecule has 3 aromatic rings. The summed E-state index contributed by atoms with van der Waals surface area (Å²) in [4.78, 5) is 12.3. The number of nitrogens with zero attached hydrogens (tertiary/aromatic N) is 1. The van der Waals surface area contributed by atoms with Gasteiger partial charge in [-0.15, -0.1) is 0 Å². The van der Waals surface area contributed by atoms with Gasteiger partial charge in [0, 0.05) is 58.3 Å². The molecule has 0 spiro atoms. The summed E-state index contributed by atoms with van der Waals surface area (Å²) in [5.74, 6) is -1.11. The van der Waals surface area contributed by atoms with Gasteiger partial charge in [-0.1, -0.05) is 6.07 Å². The molecule has 3 N–H and O–H groups in total. The molecule has 1 heterocycles. The molecule has 3 rings (SSSR count). The van der Waals surface area contributed by atoms with Crippen LogP contribution in [0.25, 0.3) is 11.1 Å². The Balaban J connectivity index is 0.00000341. The lowest BCUT2D eigenvalue weighted by atomic mass is 10.0. The van der Waals surface area contributed by atoms with E-state index < -0.39 is 22.4 Å². The molecule has 1 aromatic heterocycles. The van der Waals surface area contributed by atoms with E-state index in [0.29, 0.717) is 28.2 Å². The van der Waals surface area contributed by atoms with E-state index in [4.69, 9.17) is 4.74 Å². The molecule has 0 aliphatic carbocycles. The standard InChI is InChI=1S/C22H21F2NO4S.H2O/c1-14-9-16(12-25(7-8-26)22(14)27)18-10-15(13-30(2)28)3-5-20(18)29-21-6-4-17(23)11-19(21)24;/h3-6,9-12,26H,7-8,13H2,1-2H3;1H2. The van der Waals surface area contributed by atoms with E-state index >= 15 is 0 Å². The van der Waals surface area contributed by atoms with Gasteiger partial charge >= 0.3 is 0 Å². The topological polar surface area (TPSA) is 100 Å². The molecule has 1 unspecified atom stereocenters. The van der Waals surface area contributed by atoms with Crippen LogP contribution in [0.15, 0.2) is 53.5 Å². The minimum atomic E-state index is -1.08. The molecule has 0 bridgehead atoms. The maximum atomic E-state index is 14.1. The van der Waals surface area contributed by atoms with Crippen LogP contribution >= 0.6 is 0 Å². The summed E-state index contributed by atoms with van der Waals surface area (Å²) in [7, 11) is -1.08. The van der Waals surface area contributed by atoms with Crippen LogP contribution < -0.4 is 10.3 Å². The molecule has 0 amide bonds. The normalized spacial score (nSPS) is 11.6. The lowest BCUT2D eigenvalue weighted by molar-refractivity contribution is 0.274. The second-order valence-corrected chi connectivity index (χ2v) is 8.29. The van der Waals surface area contributed by atoms with Gasteiger partial charge in [0.25, 0.3) is 5.56 Å². The zero-order valence-electron chi connectivity index (χ0n) is 17.0. The van der Waals surface area contributed by atoms with E-state index in [9.17, 15) is 22.9 Å². The van der Waals surface area contributed by atoms with Gasteiger partial charge in [0.15, 0.2) is 11.6 Å². The van der Waals surface area contributed by atoms with Crippen LogP contribution in [-0.4, -0.2) is 32.2 Å². The smallest absolute Gasteiger partial charge is 0.253 e. The van der Waals surface area contributed by atoms with Crippen LogP contribution in [0.2, 0.25) is 0 Å². The third-order valence-corrected chi connectivity index (χ3v) is 5.18. The largest absolute Gasteiger partial charge is 0.454 e. The van der Waals surface area contributed by atoms with Gasteiger partial charge in [-0.2, -0.15) is 0 Å². The second kappa shape index (κ2) is 10.4. The van der Waals surface area contributed by atoms with Gasteiger partial charge in [-0.05, 0) is 42.8 Å². The monoisotopic (exact) mass is 451 g/mol. The number of aromatic nitrogens is 1. The molecule has 31 heavy (non-hydrogen) atoms. The van der Waals surface area contributed by atoms with Crippen molar-refractivity contribution in [1.82, 2.24) is 4.57 Å². The van der Waals surface area contributed by atoms with Crippen molar-refractivity contribution in [2.24, 2.45) is 0 Å². The highest BCUT2D eigenvalue weighted by Crippen LogP contribution is 2.35. The first kappa shape index (κ1) is 24.4. The number of halogens is 2. The van der Waals surface area contributed by atoms with Crippen molar-refractivity contribution < 1.29 is 28.3 Å². The summed E-state index contributed by atoms with van der Waals surface area (Å²) in [6, 6.07) is 9.80. The number of benzene rings is 2. The Morgan fingerprint density at radius 2 is 1.81 bits per heavy atom. The zero-order chi connectivity index (χ0) is 21.8. The van der Waals surface area contributed by atoms with Crippen LogP contribution in [0.4, 0.5) is 8.78 Å². The number of rotatable bonds is 7. The highest BCUT2D eigenvalue weighted by Gasteiger charge is 2.15. The predicted molar refractivity (Wildman–Crippen MR) is 116 cm³/mol. The highest BCUT2D eigenvalue weighted by atomic mass is 32.2. The molecule has 0 radical (unpaired) electrons. The SMILES string of the molecule is Cc1cc(-c2cc(CS(C)=O)ccc2Oc2ccc(F)cc2F)cn(CCO)c1=O.O. The van der Waals surface area contributed by atoms with Crippen molar-refractivity contribution in [1.29, 1.82) is 0 Å². The molecule has 0 saturated heterocycles. The van der Waals surface area contributed by atoms with Crippen LogP contribution in [-0.2, 0) is 23.1 Å². The van der Waals surface area contributed by atoms with E-state index in [1.165, 1.54) is 10.6 Å². The van der Waals surface area contributed by atoms with Gasteiger partial charge in [0.2, 0.25) is 0 Å². The molecule has 0 saturated carbocycles. The van der Waals surface area contributed by atoms with Gasteiger partial charge in [0.05, 0.1) is 6.61 Å². The van der Waals surface area contributed by atoms with Crippen LogP contribution in [0, 0.1) is 18.6 Å². The number of hydrogen-bond acceptors (Lipinski definition) is 4. The summed E-state index contributed by atoms with van der Waals surface area (Å²) in [6.45, 7) is 1.57. The minimum Gasteiger partial charge on any atom is -0.454 e. The number of pyridine rings is 1. The summed E-state index contributed by atoms with van der Waals surface area (Å²) in [6.07, 6.45) is 3.17. The molecule has 2 aromatic carbocycles. The molecule has 166 valence electrons. The van der Waals surface area contributed by atoms with Crippen molar-refractivity contribution in [2.75, 3.05) is 12.9 Å². The quantitative estimate of drug-likeness (QED) is 0.597. The van der Waals surface area contributed by atoms with E-state index in [-0.39, 0.29) is 29.9 Å². The molecular weight excluding hydrogens is 428 g/mol. The van der Waals surface area contributed by atoms with Crippen LogP contribution in [0.1, 0.15) is 11.1 Å². The lowest BCUT2D eigenvalue weighted by Crippen LogP contribution is -2.23. The first-order chi connectivity index (χ1) is 14.3. The Morgan fingerprint density at radius 1 is 1.10 bits per heavy atom. The first-order valence-corrected chi connectivity index (χ1v) is 10.9. The maximum Gasteiger partial charge on any atom is 0.253 e. The molecular formula is C22H23F2NO5S. The zero-order valence-corrected chi connectivity index (χ0v) is 17.8. The summed E-state index contributed by atoms with van der Waals surface area (Å²) in [5, 5.41) is 9.25. The molecule has 0 aliphatic rings. The lowest BCUT2D eigenvalue weighted by Gasteiger charge is -2.15. The van der Waals surface area contributed by atoms with Gasteiger partial charge in [-0.3, -0.25) is 9.00 Å². The van der Waals surface area contributed by atoms with Gasteiger partial charge in [-0.25, -0.2) is 8.78 Å². The summed E-state index contributed by atoms with van der Waals surface area (Å²) in [5.41, 5.74) is 2.17. The number of aliphatic hydroxyl groups is 1. The van der Waals surface area contributed by atoms with Gasteiger partial charge in [0.1, 0.15) is 11.6 Å². The molecule has 6 nitrogen and oxygen atoms in total. The van der Waals surface area contributed by atoms with Crippen molar-refractivity contribution in [3.05, 3.63) is 81.8 Å². The second-order valence-electron chi connectivity index (χ2n) is 6.86. The molecule has 9 heteroatoms. The Bertz CT molecular complexity index is 1160. The van der Waals surface area contributed by atoms with Gasteiger partial charge < -0.3 is 19.9 Å². The predicted octanol–water partition coefficient (Wildman–Crippen LogP) is 2.94. The van der Waals surface area contributed by atoms with Crippen molar-refractivity contribution in [2.45, 2.75) is 19.2 Å². The molecule has 0 aliphatic heterocycles. The Kier molecular flexibility index (Phi) is 8.21. The van der Waals surface area contributed by atoms with Crippen molar-refractivity contribution >= 4 is 10.8 Å². The highest BCUT2D eigenvalue weighted by molar-refractivity contribution is 7.83. The fraction of sp³-hybridized carbons (Fsp3) is 0.227. The fourth-order valence-corrected chi connectivity index (χ4v) is 3.75. The molecule has 1 atom stereocenters. The molecule has 0 fully saturated rings. The van der Waals surface area contributed by atoms with E-state index in [1.807, 2.05) is 0 Å². The van der Waals surface area contributed by atoms with E-state index in [1.54, 1.807) is 43.6 Å². The third kappa shape index (κ3) is 5.84. The van der Waals surface area contributed by atoms with Crippen LogP contribution in [0.3, 0.4) is 0 Å². The summed E-state index contributed by atoms with van der Waals surface area (Å²) >= 11 is 0. The maximum absolute atomic E-state index is 14.1. The number of ether oxygens (including phenoxy) is 1. The summed E-state index contributed by atoms with van der Waals surface area (Å²) < 4.78 is 46.1. The first-order valence-electron chi connectivity index (χ1n) is 9.16. The third-order valence-electron chi connectivity index (χ3n) is 4.44. The average molecular weight is 451 g/mol. The van der Waals surface area contributed by atoms with E-state index in [2.05, 4.69) is 0 Å². The number of aliphatic hydroxyl groups excluding tert-OH is 1. The van der Waals surface area contributed by atoms with E-state index in [0.717, 1.165) is 17.7 Å².